The molecule has 0 unspecified atom stereocenters. The van der Waals surface area contributed by atoms with E-state index in [9.17, 15) is 0 Å². The molecule has 0 aliphatic carbocycles. The third-order valence-corrected chi connectivity index (χ3v) is 14.7. The van der Waals surface area contributed by atoms with Crippen molar-refractivity contribution in [3.63, 3.8) is 0 Å². The fraction of sp³-hybridized carbons (Fsp3) is 0.212. The summed E-state index contributed by atoms with van der Waals surface area (Å²) in [4.78, 5) is 0. The molecule has 0 saturated heterocycles. The molecule has 2 aliphatic heterocycles. The molecule has 0 radical (unpaired) electrons. The van der Waals surface area contributed by atoms with Gasteiger partial charge in [-0.05, 0) is 66.2 Å². The highest BCUT2D eigenvalue weighted by molar-refractivity contribution is 7.89. The van der Waals surface area contributed by atoms with Crippen LogP contribution in [0.5, 0.6) is 23.0 Å². The van der Waals surface area contributed by atoms with Gasteiger partial charge >= 0.3 is 0 Å². The third kappa shape index (κ3) is 5.98. The van der Waals surface area contributed by atoms with E-state index in [-0.39, 0.29) is 0 Å². The summed E-state index contributed by atoms with van der Waals surface area (Å²) < 4.78 is 26.0. The Balaban J connectivity index is 1.33. The van der Waals surface area contributed by atoms with Crippen LogP contribution >= 0.6 is 13.8 Å². The van der Waals surface area contributed by atoms with Gasteiger partial charge in [0.2, 0.25) is 0 Å². The summed E-state index contributed by atoms with van der Waals surface area (Å²) in [5.74, 6) is 4.47. The quantitative estimate of drug-likeness (QED) is 0.236. The molecule has 0 spiro atoms. The second kappa shape index (κ2) is 11.0. The van der Waals surface area contributed by atoms with Gasteiger partial charge in [0.25, 0.3) is 0 Å². The molecular weight excluding hydrogens is 522 g/mol. The molecule has 0 saturated carbocycles. The average Bonchev–Trinajstić information content (AvgIpc) is 2.95. The SMILES string of the molecule is C=P1(CP2(=C)COc3ccccc3Cc3ccccc3OC2)COc2ccccc2Cc2ccccc2OC1. The lowest BCUT2D eigenvalue weighted by Gasteiger charge is -2.34. The van der Waals surface area contributed by atoms with E-state index in [0.717, 1.165) is 64.0 Å². The van der Waals surface area contributed by atoms with Gasteiger partial charge in [-0.3, -0.25) is 0 Å². The Morgan fingerprint density at radius 2 is 0.692 bits per heavy atom. The van der Waals surface area contributed by atoms with Crippen LogP contribution in [0.2, 0.25) is 0 Å². The molecule has 4 aromatic carbocycles. The van der Waals surface area contributed by atoms with Crippen LogP contribution in [0.25, 0.3) is 0 Å². The maximum atomic E-state index is 6.51. The summed E-state index contributed by atoms with van der Waals surface area (Å²) in [6, 6.07) is 33.1. The number of rotatable bonds is 2. The van der Waals surface area contributed by atoms with Crippen molar-refractivity contribution >= 4 is 26.4 Å². The molecule has 39 heavy (non-hydrogen) atoms. The predicted molar refractivity (Wildman–Crippen MR) is 166 cm³/mol. The monoisotopic (exact) mass is 556 g/mol. The van der Waals surface area contributed by atoms with Crippen LogP contribution in [0.3, 0.4) is 0 Å². The lowest BCUT2D eigenvalue weighted by molar-refractivity contribution is 0.352. The Morgan fingerprint density at radius 3 is 0.974 bits per heavy atom. The highest BCUT2D eigenvalue weighted by Crippen LogP contribution is 2.61. The van der Waals surface area contributed by atoms with E-state index in [1.54, 1.807) is 0 Å². The molecule has 2 aliphatic rings. The zero-order valence-corrected chi connectivity index (χ0v) is 23.9. The summed E-state index contributed by atoms with van der Waals surface area (Å²) in [7, 11) is 0. The highest BCUT2D eigenvalue weighted by Gasteiger charge is 2.29. The van der Waals surface area contributed by atoms with Crippen molar-refractivity contribution in [3.8, 4) is 23.0 Å². The molecule has 6 heteroatoms. The summed E-state index contributed by atoms with van der Waals surface area (Å²) in [6.45, 7) is -4.04. The van der Waals surface area contributed by atoms with Gasteiger partial charge in [-0.25, -0.2) is 0 Å². The Hall–Kier alpha value is -3.32. The summed E-state index contributed by atoms with van der Waals surface area (Å²) >= 11 is 0. The zero-order valence-electron chi connectivity index (χ0n) is 22.1. The third-order valence-electron chi connectivity index (χ3n) is 7.23. The number of hydrogen-bond acceptors (Lipinski definition) is 4. The minimum absolute atomic E-state index is 0.524. The van der Waals surface area contributed by atoms with E-state index >= 15 is 0 Å². The fourth-order valence-corrected chi connectivity index (χ4v) is 13.5. The van der Waals surface area contributed by atoms with Gasteiger partial charge < -0.3 is 18.9 Å². The normalized spacial score (nSPS) is 17.6. The van der Waals surface area contributed by atoms with Gasteiger partial charge in [0, 0.05) is 12.8 Å². The lowest BCUT2D eigenvalue weighted by atomic mass is 10.0. The van der Waals surface area contributed by atoms with Gasteiger partial charge in [0.15, 0.2) is 0 Å². The molecule has 6 rings (SSSR count). The van der Waals surface area contributed by atoms with Crippen molar-refractivity contribution in [2.45, 2.75) is 12.8 Å². The molecule has 0 fully saturated rings. The van der Waals surface area contributed by atoms with Crippen molar-refractivity contribution in [1.82, 2.24) is 0 Å². The minimum Gasteiger partial charge on any atom is -0.489 e. The molecule has 2 heterocycles. The van der Waals surface area contributed by atoms with Gasteiger partial charge in [-0.1, -0.05) is 85.4 Å². The van der Waals surface area contributed by atoms with Gasteiger partial charge in [0.1, 0.15) is 48.4 Å². The second-order valence-electron chi connectivity index (χ2n) is 10.7. The van der Waals surface area contributed by atoms with Crippen LogP contribution in [0.1, 0.15) is 22.3 Å². The molecular formula is C33H34O4P2. The van der Waals surface area contributed by atoms with Crippen LogP contribution in [-0.2, 0) is 12.8 Å². The first-order valence-electron chi connectivity index (χ1n) is 13.2. The first-order valence-corrected chi connectivity index (χ1v) is 18.3. The van der Waals surface area contributed by atoms with E-state index in [4.69, 9.17) is 31.5 Å². The van der Waals surface area contributed by atoms with Crippen molar-refractivity contribution in [1.29, 1.82) is 0 Å². The number of benzene rings is 4. The van der Waals surface area contributed by atoms with Crippen LogP contribution in [0.4, 0.5) is 0 Å². The van der Waals surface area contributed by atoms with Gasteiger partial charge in [-0.15, -0.1) is 0 Å². The summed E-state index contributed by atoms with van der Waals surface area (Å²) in [6.07, 6.45) is 13.2. The number of hydrogen-bond donors (Lipinski definition) is 0. The summed E-state index contributed by atoms with van der Waals surface area (Å²) in [5.41, 5.74) is 4.61. The molecule has 0 amide bonds. The molecule has 0 N–H and O–H groups in total. The van der Waals surface area contributed by atoms with E-state index in [0.29, 0.717) is 25.4 Å². The average molecular weight is 557 g/mol. The lowest BCUT2D eigenvalue weighted by Crippen LogP contribution is -2.18. The Morgan fingerprint density at radius 1 is 0.436 bits per heavy atom. The Labute approximate surface area is 231 Å². The maximum Gasteiger partial charge on any atom is 0.123 e. The minimum atomic E-state index is -2.02. The molecule has 0 bridgehead atoms. The van der Waals surface area contributed by atoms with Gasteiger partial charge in [0.05, 0.1) is 0 Å². The predicted octanol–water partition coefficient (Wildman–Crippen LogP) is 7.80. The number of para-hydroxylation sites is 4. The van der Waals surface area contributed by atoms with E-state index in [1.807, 2.05) is 24.3 Å². The van der Waals surface area contributed by atoms with Crippen molar-refractivity contribution in [2.75, 3.05) is 31.3 Å². The molecule has 4 aromatic rings. The standard InChI is InChI=1S/C33H34O4P2/c1-38(21-34-30-15-7-3-11-26(30)19-27-12-4-8-16-31(27)35-22-38)25-39(2)23-36-32-17-9-5-13-28(32)20-29-14-6-10-18-33(29)37-24-39/h3-18H,1-2,19-25H2. The van der Waals surface area contributed by atoms with Crippen molar-refractivity contribution in [2.24, 2.45) is 0 Å². The molecule has 4 nitrogen and oxygen atoms in total. The van der Waals surface area contributed by atoms with Crippen LogP contribution in [-0.4, -0.2) is 43.9 Å². The largest absolute Gasteiger partial charge is 0.489 e. The fourth-order valence-electron chi connectivity index (χ4n) is 5.27. The molecule has 0 aromatic heterocycles. The van der Waals surface area contributed by atoms with Gasteiger partial charge in [-0.2, -0.15) is 0 Å². The smallest absolute Gasteiger partial charge is 0.123 e. The van der Waals surface area contributed by atoms with Crippen LogP contribution < -0.4 is 18.9 Å². The van der Waals surface area contributed by atoms with E-state index < -0.39 is 13.8 Å². The Kier molecular flexibility index (Phi) is 7.34. The van der Waals surface area contributed by atoms with Crippen molar-refractivity contribution in [3.05, 3.63) is 119 Å². The van der Waals surface area contributed by atoms with Crippen LogP contribution in [0.15, 0.2) is 97.1 Å². The first kappa shape index (κ1) is 25.9. The summed E-state index contributed by atoms with van der Waals surface area (Å²) in [5, 5.41) is 0. The number of fused-ring (bicyclic) bond motifs is 4. The highest BCUT2D eigenvalue weighted by atomic mass is 31.2. The second-order valence-corrected chi connectivity index (χ2v) is 18.2. The molecule has 0 atom stereocenters. The zero-order chi connectivity index (χ0) is 26.7. The topological polar surface area (TPSA) is 36.9 Å². The first-order chi connectivity index (χ1) is 19.0. The van der Waals surface area contributed by atoms with Crippen molar-refractivity contribution < 1.29 is 18.9 Å². The van der Waals surface area contributed by atoms with E-state index in [2.05, 4.69) is 72.8 Å². The maximum absolute atomic E-state index is 6.51. The van der Waals surface area contributed by atoms with Crippen LogP contribution in [0, 0.1) is 0 Å². The molecule has 200 valence electrons. The Bertz CT molecular complexity index is 1350. The van der Waals surface area contributed by atoms with E-state index in [1.165, 1.54) is 0 Å². The number of ether oxygens (including phenoxy) is 4.